The highest BCUT2D eigenvalue weighted by molar-refractivity contribution is 5.72. The predicted octanol–water partition coefficient (Wildman–Crippen LogP) is 1.52. The SMILES string of the molecule is CNC[C@H](CC1CCC(F)CC1)C1COCCN1C(N)=O. The van der Waals surface area contributed by atoms with Crippen molar-refractivity contribution in [1.29, 1.82) is 0 Å². The minimum absolute atomic E-state index is 0.0341. The molecule has 3 N–H and O–H groups in total. The molecule has 1 heterocycles. The van der Waals surface area contributed by atoms with E-state index in [-0.39, 0.29) is 12.1 Å². The lowest BCUT2D eigenvalue weighted by atomic mass is 9.79. The molecular weight excluding hydrogens is 273 g/mol. The van der Waals surface area contributed by atoms with Gasteiger partial charge in [-0.3, -0.25) is 0 Å². The number of ether oxygens (including phenoxy) is 1. The number of amides is 2. The first-order valence-electron chi connectivity index (χ1n) is 8.04. The molecule has 0 bridgehead atoms. The van der Waals surface area contributed by atoms with Crippen LogP contribution in [-0.2, 0) is 4.74 Å². The van der Waals surface area contributed by atoms with Gasteiger partial charge in [0.05, 0.1) is 19.3 Å². The third-order valence-electron chi connectivity index (χ3n) is 4.87. The molecule has 6 heteroatoms. The van der Waals surface area contributed by atoms with Crippen LogP contribution in [0.3, 0.4) is 0 Å². The second-order valence-electron chi connectivity index (χ2n) is 6.35. The smallest absolute Gasteiger partial charge is 0.315 e. The third-order valence-corrected chi connectivity index (χ3v) is 4.87. The van der Waals surface area contributed by atoms with Crippen LogP contribution in [0.15, 0.2) is 0 Å². The van der Waals surface area contributed by atoms with Crippen molar-refractivity contribution in [2.75, 3.05) is 33.4 Å². The van der Waals surface area contributed by atoms with E-state index >= 15 is 0 Å². The molecule has 122 valence electrons. The summed E-state index contributed by atoms with van der Waals surface area (Å²) in [6.45, 7) is 2.50. The summed E-state index contributed by atoms with van der Waals surface area (Å²) in [5.74, 6) is 0.857. The Morgan fingerprint density at radius 3 is 2.76 bits per heavy atom. The van der Waals surface area contributed by atoms with E-state index in [4.69, 9.17) is 10.5 Å². The number of nitrogens with one attached hydrogen (secondary N) is 1. The molecule has 0 spiro atoms. The average Bonchev–Trinajstić information content (AvgIpc) is 2.49. The fourth-order valence-corrected chi connectivity index (χ4v) is 3.71. The zero-order chi connectivity index (χ0) is 15.2. The van der Waals surface area contributed by atoms with Gasteiger partial charge >= 0.3 is 6.03 Å². The van der Waals surface area contributed by atoms with E-state index in [1.54, 1.807) is 4.90 Å². The molecule has 2 amide bonds. The van der Waals surface area contributed by atoms with Gasteiger partial charge in [0.2, 0.25) is 0 Å². The average molecular weight is 301 g/mol. The molecule has 1 saturated carbocycles. The van der Waals surface area contributed by atoms with Crippen molar-refractivity contribution >= 4 is 6.03 Å². The molecule has 1 unspecified atom stereocenters. The summed E-state index contributed by atoms with van der Waals surface area (Å²) in [4.78, 5) is 13.4. The van der Waals surface area contributed by atoms with Crippen molar-refractivity contribution in [2.24, 2.45) is 17.6 Å². The van der Waals surface area contributed by atoms with Crippen molar-refractivity contribution in [3.63, 3.8) is 0 Å². The van der Waals surface area contributed by atoms with E-state index in [0.717, 1.165) is 25.8 Å². The van der Waals surface area contributed by atoms with Crippen LogP contribution in [-0.4, -0.2) is 56.5 Å². The van der Waals surface area contributed by atoms with Gasteiger partial charge in [0.1, 0.15) is 6.17 Å². The lowest BCUT2D eigenvalue weighted by molar-refractivity contribution is -0.0128. The highest BCUT2D eigenvalue weighted by Crippen LogP contribution is 2.33. The summed E-state index contributed by atoms with van der Waals surface area (Å²) in [5, 5.41) is 3.21. The van der Waals surface area contributed by atoms with Crippen LogP contribution in [0.4, 0.5) is 9.18 Å². The molecule has 2 aliphatic rings. The molecule has 0 aromatic rings. The van der Waals surface area contributed by atoms with Gasteiger partial charge in [0.25, 0.3) is 0 Å². The first kappa shape index (κ1) is 16.5. The monoisotopic (exact) mass is 301 g/mol. The number of rotatable bonds is 5. The summed E-state index contributed by atoms with van der Waals surface area (Å²) in [6.07, 6.45) is 3.64. The van der Waals surface area contributed by atoms with Crippen LogP contribution in [0.1, 0.15) is 32.1 Å². The van der Waals surface area contributed by atoms with Gasteiger partial charge in [-0.1, -0.05) is 0 Å². The number of nitrogens with zero attached hydrogens (tertiary/aromatic N) is 1. The topological polar surface area (TPSA) is 67.6 Å². The van der Waals surface area contributed by atoms with Crippen LogP contribution >= 0.6 is 0 Å². The normalized spacial score (nSPS) is 31.9. The standard InChI is InChI=1S/C15H28FN3O2/c1-18-9-12(8-11-2-4-13(16)5-3-11)14-10-21-7-6-19(14)15(17)20/h11-14,18H,2-10H2,1H3,(H2,17,20)/t11?,12-,13?,14?/m0/s1. The molecule has 1 aliphatic carbocycles. The number of halogens is 1. The molecule has 2 rings (SSSR count). The zero-order valence-corrected chi connectivity index (χ0v) is 12.9. The van der Waals surface area contributed by atoms with Gasteiger partial charge in [-0.05, 0) is 57.5 Å². The Labute approximate surface area is 126 Å². The van der Waals surface area contributed by atoms with Crippen LogP contribution in [0, 0.1) is 11.8 Å². The molecule has 2 fully saturated rings. The van der Waals surface area contributed by atoms with Crippen molar-refractivity contribution < 1.29 is 13.9 Å². The number of carbonyl (C=O) groups is 1. The Morgan fingerprint density at radius 1 is 1.43 bits per heavy atom. The lowest BCUT2D eigenvalue weighted by Gasteiger charge is -2.41. The maximum Gasteiger partial charge on any atom is 0.315 e. The number of carbonyl (C=O) groups excluding carboxylic acids is 1. The predicted molar refractivity (Wildman–Crippen MR) is 79.8 cm³/mol. The summed E-state index contributed by atoms with van der Waals surface area (Å²) in [6, 6.07) is -0.330. The number of morpholine rings is 1. The molecule has 1 saturated heterocycles. The van der Waals surface area contributed by atoms with Gasteiger partial charge in [0.15, 0.2) is 0 Å². The number of alkyl halides is 1. The Balaban J connectivity index is 1.97. The fraction of sp³-hybridized carbons (Fsp3) is 0.933. The maximum absolute atomic E-state index is 13.3. The third kappa shape index (κ3) is 4.54. The van der Waals surface area contributed by atoms with Crippen LogP contribution < -0.4 is 11.1 Å². The molecule has 0 aromatic heterocycles. The summed E-state index contributed by atoms with van der Waals surface area (Å²) in [7, 11) is 1.92. The van der Waals surface area contributed by atoms with Gasteiger partial charge in [-0.25, -0.2) is 9.18 Å². The van der Waals surface area contributed by atoms with Crippen LogP contribution in [0.5, 0.6) is 0 Å². The molecule has 2 atom stereocenters. The lowest BCUT2D eigenvalue weighted by Crippen LogP contribution is -2.55. The first-order valence-corrected chi connectivity index (χ1v) is 8.04. The number of urea groups is 1. The van der Waals surface area contributed by atoms with Crippen molar-refractivity contribution in [3.8, 4) is 0 Å². The van der Waals surface area contributed by atoms with E-state index in [1.807, 2.05) is 7.05 Å². The second-order valence-corrected chi connectivity index (χ2v) is 6.35. The molecule has 1 aliphatic heterocycles. The van der Waals surface area contributed by atoms with Crippen molar-refractivity contribution in [3.05, 3.63) is 0 Å². The molecular formula is C15H28FN3O2. The second kappa shape index (κ2) is 7.94. The molecule has 21 heavy (non-hydrogen) atoms. The number of nitrogens with two attached hydrogens (primary N) is 1. The van der Waals surface area contributed by atoms with E-state index in [2.05, 4.69) is 5.32 Å². The maximum atomic E-state index is 13.3. The van der Waals surface area contributed by atoms with E-state index in [1.165, 1.54) is 0 Å². The van der Waals surface area contributed by atoms with Crippen LogP contribution in [0.25, 0.3) is 0 Å². The van der Waals surface area contributed by atoms with Crippen LogP contribution in [0.2, 0.25) is 0 Å². The Kier molecular flexibility index (Phi) is 6.23. The summed E-state index contributed by atoms with van der Waals surface area (Å²) >= 11 is 0. The summed E-state index contributed by atoms with van der Waals surface area (Å²) < 4.78 is 18.8. The quantitative estimate of drug-likeness (QED) is 0.809. The zero-order valence-electron chi connectivity index (χ0n) is 12.9. The van der Waals surface area contributed by atoms with Crippen molar-refractivity contribution in [1.82, 2.24) is 10.2 Å². The number of primary amides is 1. The van der Waals surface area contributed by atoms with E-state index < -0.39 is 6.17 Å². The van der Waals surface area contributed by atoms with Gasteiger partial charge in [-0.2, -0.15) is 0 Å². The minimum atomic E-state index is -0.621. The summed E-state index contributed by atoms with van der Waals surface area (Å²) in [5.41, 5.74) is 5.50. The Morgan fingerprint density at radius 2 is 2.14 bits per heavy atom. The molecule has 0 radical (unpaired) electrons. The largest absolute Gasteiger partial charge is 0.377 e. The minimum Gasteiger partial charge on any atom is -0.377 e. The highest BCUT2D eigenvalue weighted by Gasteiger charge is 2.34. The molecule has 0 aromatic carbocycles. The molecule has 5 nitrogen and oxygen atoms in total. The van der Waals surface area contributed by atoms with Gasteiger partial charge < -0.3 is 20.7 Å². The number of hydrogen-bond acceptors (Lipinski definition) is 3. The Hall–Kier alpha value is -0.880. The highest BCUT2D eigenvalue weighted by atomic mass is 19.1. The van der Waals surface area contributed by atoms with Gasteiger partial charge in [0, 0.05) is 6.54 Å². The van der Waals surface area contributed by atoms with E-state index in [9.17, 15) is 9.18 Å². The first-order chi connectivity index (χ1) is 10.1. The van der Waals surface area contributed by atoms with Gasteiger partial charge in [-0.15, -0.1) is 0 Å². The fourth-order valence-electron chi connectivity index (χ4n) is 3.71. The Bertz CT molecular complexity index is 335. The van der Waals surface area contributed by atoms with Crippen molar-refractivity contribution in [2.45, 2.75) is 44.3 Å². The van der Waals surface area contributed by atoms with E-state index in [0.29, 0.717) is 44.4 Å². The number of hydrogen-bond donors (Lipinski definition) is 2.